The number of ether oxygens (including phenoxy) is 1. The van der Waals surface area contributed by atoms with Gasteiger partial charge < -0.3 is 10.5 Å². The van der Waals surface area contributed by atoms with Crippen LogP contribution in [0, 0.1) is 17.3 Å². The Kier molecular flexibility index (Phi) is 7.97. The third kappa shape index (κ3) is 5.44. The predicted octanol–water partition coefficient (Wildman–Crippen LogP) is 2.56. The van der Waals surface area contributed by atoms with Gasteiger partial charge in [-0.1, -0.05) is 30.4 Å². The normalized spacial score (nSPS) is 26.5. The van der Waals surface area contributed by atoms with Crippen LogP contribution in [0.3, 0.4) is 0 Å². The Balaban J connectivity index is 1.72. The van der Waals surface area contributed by atoms with Crippen LogP contribution < -0.4 is 16.7 Å². The zero-order chi connectivity index (χ0) is 17.3. The van der Waals surface area contributed by atoms with Crippen molar-refractivity contribution in [1.29, 1.82) is 0 Å². The molecule has 0 bridgehead atoms. The molecular formula is C19H31N3O2. The summed E-state index contributed by atoms with van der Waals surface area (Å²) in [5.41, 5.74) is 14.0. The van der Waals surface area contributed by atoms with Crippen molar-refractivity contribution >= 4 is 0 Å². The first-order valence-electron chi connectivity index (χ1n) is 9.00. The lowest BCUT2D eigenvalue weighted by Crippen LogP contribution is -2.39. The maximum absolute atomic E-state index is 5.52. The van der Waals surface area contributed by atoms with Crippen molar-refractivity contribution in [2.45, 2.75) is 58.7 Å². The van der Waals surface area contributed by atoms with E-state index < -0.39 is 0 Å². The number of hydrogen-bond donors (Lipinski definition) is 3. The minimum Gasteiger partial charge on any atom is -0.351 e. The van der Waals surface area contributed by atoms with Crippen molar-refractivity contribution in [1.82, 2.24) is 11.0 Å². The fourth-order valence-corrected chi connectivity index (χ4v) is 2.92. The molecule has 0 aromatic rings. The number of hydrogen-bond acceptors (Lipinski definition) is 5. The lowest BCUT2D eigenvalue weighted by atomic mass is 9.76. The Hall–Kier alpha value is -1.16. The fraction of sp³-hybridized carbons (Fsp3) is 0.684. The van der Waals surface area contributed by atoms with E-state index in [-0.39, 0.29) is 11.7 Å². The zero-order valence-corrected chi connectivity index (χ0v) is 15.0. The molecule has 2 rings (SSSR count). The number of unbranched alkanes of at least 4 members (excludes halogenated alkanes) is 1. The largest absolute Gasteiger partial charge is 0.351 e. The van der Waals surface area contributed by atoms with E-state index in [2.05, 4.69) is 48.9 Å². The molecule has 0 aromatic heterocycles. The number of hydrazine groups is 1. The number of allylic oxidation sites excluding steroid dienone is 4. The fourth-order valence-electron chi connectivity index (χ4n) is 2.92. The summed E-state index contributed by atoms with van der Waals surface area (Å²) in [5, 5.41) is 0. The van der Waals surface area contributed by atoms with Crippen molar-refractivity contribution in [2.24, 2.45) is 11.1 Å². The van der Waals surface area contributed by atoms with Crippen molar-refractivity contribution in [3.8, 4) is 11.8 Å². The van der Waals surface area contributed by atoms with E-state index in [4.69, 9.17) is 15.3 Å². The van der Waals surface area contributed by atoms with Gasteiger partial charge in [-0.15, -0.1) is 5.59 Å². The molecule has 24 heavy (non-hydrogen) atoms. The van der Waals surface area contributed by atoms with E-state index in [1.807, 2.05) is 0 Å². The summed E-state index contributed by atoms with van der Waals surface area (Å²) >= 11 is 0. The molecule has 1 saturated heterocycles. The van der Waals surface area contributed by atoms with E-state index in [0.717, 1.165) is 51.7 Å². The second-order valence-corrected chi connectivity index (χ2v) is 6.65. The van der Waals surface area contributed by atoms with Crippen molar-refractivity contribution in [3.63, 3.8) is 0 Å². The first-order valence-corrected chi connectivity index (χ1v) is 9.00. The zero-order valence-electron chi connectivity index (χ0n) is 15.0. The van der Waals surface area contributed by atoms with Crippen LogP contribution in [0.5, 0.6) is 0 Å². The summed E-state index contributed by atoms with van der Waals surface area (Å²) in [6.07, 6.45) is 10.2. The quantitative estimate of drug-likeness (QED) is 0.362. The van der Waals surface area contributed by atoms with Gasteiger partial charge in [0.2, 0.25) is 0 Å². The van der Waals surface area contributed by atoms with Crippen molar-refractivity contribution in [3.05, 3.63) is 23.3 Å². The molecule has 1 unspecified atom stereocenters. The highest BCUT2D eigenvalue weighted by Gasteiger charge is 2.32. The molecule has 2 aliphatic rings. The summed E-state index contributed by atoms with van der Waals surface area (Å²) in [6.45, 7) is 6.69. The van der Waals surface area contributed by atoms with E-state index in [0.29, 0.717) is 6.54 Å². The topological polar surface area (TPSA) is 68.5 Å². The van der Waals surface area contributed by atoms with Crippen LogP contribution in [0.25, 0.3) is 0 Å². The predicted molar refractivity (Wildman–Crippen MR) is 96.4 cm³/mol. The summed E-state index contributed by atoms with van der Waals surface area (Å²) in [5.74, 6) is 6.57. The molecule has 1 aliphatic heterocycles. The SMILES string of the molecule is CC1=CC=C(C#CCCCN)[C@@]1(C)CCNNOC1CCCCO1. The molecule has 0 amide bonds. The number of nitrogens with one attached hydrogen (secondary N) is 2. The van der Waals surface area contributed by atoms with Gasteiger partial charge in [-0.05, 0) is 45.2 Å². The smallest absolute Gasteiger partial charge is 0.178 e. The summed E-state index contributed by atoms with van der Waals surface area (Å²) in [6, 6.07) is 0. The van der Waals surface area contributed by atoms with Crippen LogP contribution >= 0.6 is 0 Å². The molecule has 2 atom stereocenters. The standard InChI is InChI=1S/C19H31N3O2/c1-16-10-11-17(8-4-3-6-13-20)19(16,2)12-14-21-22-24-18-9-5-7-15-23-18/h10-11,18,21-22H,3,5-7,9,12-15,20H2,1-2H3/t18?,19-/m0/s1. The van der Waals surface area contributed by atoms with E-state index in [1.165, 1.54) is 11.1 Å². The molecule has 1 aliphatic carbocycles. The van der Waals surface area contributed by atoms with Gasteiger partial charge in [-0.25, -0.2) is 5.43 Å². The Morgan fingerprint density at radius 2 is 2.29 bits per heavy atom. The second-order valence-electron chi connectivity index (χ2n) is 6.65. The Labute approximate surface area is 146 Å². The molecule has 0 aromatic carbocycles. The summed E-state index contributed by atoms with van der Waals surface area (Å²) in [7, 11) is 0. The molecule has 0 radical (unpaired) electrons. The molecule has 134 valence electrons. The number of rotatable bonds is 8. The van der Waals surface area contributed by atoms with E-state index >= 15 is 0 Å². The van der Waals surface area contributed by atoms with Gasteiger partial charge in [0.1, 0.15) is 0 Å². The highest BCUT2D eigenvalue weighted by molar-refractivity contribution is 5.48. The van der Waals surface area contributed by atoms with Gasteiger partial charge in [0, 0.05) is 37.0 Å². The number of nitrogens with two attached hydrogens (primary N) is 1. The van der Waals surface area contributed by atoms with Crippen LogP contribution in [0.2, 0.25) is 0 Å². The molecule has 1 heterocycles. The summed E-state index contributed by atoms with van der Waals surface area (Å²) in [4.78, 5) is 5.47. The Bertz CT molecular complexity index is 512. The third-order valence-electron chi connectivity index (χ3n) is 4.84. The van der Waals surface area contributed by atoms with E-state index in [1.54, 1.807) is 0 Å². The average Bonchev–Trinajstić information content (AvgIpc) is 2.88. The third-order valence-corrected chi connectivity index (χ3v) is 4.84. The monoisotopic (exact) mass is 333 g/mol. The minimum absolute atomic E-state index is 0.00820. The maximum Gasteiger partial charge on any atom is 0.178 e. The van der Waals surface area contributed by atoms with E-state index in [9.17, 15) is 0 Å². The van der Waals surface area contributed by atoms with Gasteiger partial charge in [-0.3, -0.25) is 4.84 Å². The molecule has 1 fully saturated rings. The second kappa shape index (κ2) is 9.97. The van der Waals surface area contributed by atoms with Crippen LogP contribution in [0.1, 0.15) is 52.4 Å². The Morgan fingerprint density at radius 3 is 3.04 bits per heavy atom. The molecule has 0 spiro atoms. The van der Waals surface area contributed by atoms with Crippen LogP contribution in [0.4, 0.5) is 0 Å². The van der Waals surface area contributed by atoms with Gasteiger partial charge in [0.15, 0.2) is 6.29 Å². The molecule has 0 saturated carbocycles. The highest BCUT2D eigenvalue weighted by Crippen LogP contribution is 2.42. The van der Waals surface area contributed by atoms with Crippen LogP contribution in [0.15, 0.2) is 23.3 Å². The van der Waals surface area contributed by atoms with Gasteiger partial charge >= 0.3 is 0 Å². The van der Waals surface area contributed by atoms with Gasteiger partial charge in [-0.2, -0.15) is 0 Å². The van der Waals surface area contributed by atoms with Crippen molar-refractivity contribution in [2.75, 3.05) is 19.7 Å². The first kappa shape index (κ1) is 19.2. The lowest BCUT2D eigenvalue weighted by molar-refractivity contribution is -0.206. The Morgan fingerprint density at radius 1 is 1.42 bits per heavy atom. The molecule has 5 heteroatoms. The van der Waals surface area contributed by atoms with Crippen LogP contribution in [-0.2, 0) is 9.57 Å². The first-order chi connectivity index (χ1) is 11.7. The van der Waals surface area contributed by atoms with Crippen molar-refractivity contribution < 1.29 is 9.57 Å². The minimum atomic E-state index is -0.140. The molecule has 4 N–H and O–H groups in total. The average molecular weight is 333 g/mol. The maximum atomic E-state index is 5.52. The summed E-state index contributed by atoms with van der Waals surface area (Å²) < 4.78 is 5.51. The van der Waals surface area contributed by atoms with Gasteiger partial charge in [0.05, 0.1) is 0 Å². The van der Waals surface area contributed by atoms with Gasteiger partial charge in [0.25, 0.3) is 0 Å². The highest BCUT2D eigenvalue weighted by atomic mass is 16.8. The molecular weight excluding hydrogens is 302 g/mol. The molecule has 5 nitrogen and oxygen atoms in total. The van der Waals surface area contributed by atoms with Crippen LogP contribution in [-0.4, -0.2) is 26.0 Å². The lowest BCUT2D eigenvalue weighted by Gasteiger charge is -2.28.